The van der Waals surface area contributed by atoms with Crippen LogP contribution in [0.5, 0.6) is 0 Å². The van der Waals surface area contributed by atoms with Crippen LogP contribution in [0.25, 0.3) is 23.0 Å². The van der Waals surface area contributed by atoms with E-state index >= 15 is 0 Å². The van der Waals surface area contributed by atoms with Crippen molar-refractivity contribution in [3.05, 3.63) is 107 Å². The summed E-state index contributed by atoms with van der Waals surface area (Å²) in [5, 5.41) is 4.72. The first kappa shape index (κ1) is 23.7. The van der Waals surface area contributed by atoms with Gasteiger partial charge in [-0.3, -0.25) is 14.4 Å². The number of nitrogen functional groups attached to an aromatic ring is 1. The number of nitrogens with two attached hydrogens (primary N) is 1. The Balaban J connectivity index is 0.00000289. The van der Waals surface area contributed by atoms with Crippen molar-refractivity contribution in [2.45, 2.75) is 6.92 Å². The zero-order valence-corrected chi connectivity index (χ0v) is 19.5. The average Bonchev–Trinajstić information content (AvgIpc) is 3.38. The first-order valence-electron chi connectivity index (χ1n) is 10.7. The number of para-hydroxylation sites is 1. The van der Waals surface area contributed by atoms with Gasteiger partial charge in [0, 0.05) is 29.1 Å². The fourth-order valence-electron chi connectivity index (χ4n) is 3.91. The highest BCUT2D eigenvalue weighted by Gasteiger charge is 2.40. The summed E-state index contributed by atoms with van der Waals surface area (Å²) in [6.07, 6.45) is 4.58. The second kappa shape index (κ2) is 9.40. The van der Waals surface area contributed by atoms with E-state index in [-0.39, 0.29) is 29.2 Å². The highest BCUT2D eigenvalue weighted by Crippen LogP contribution is 2.29. The summed E-state index contributed by atoms with van der Waals surface area (Å²) in [4.78, 5) is 39.0. The van der Waals surface area contributed by atoms with Crippen LogP contribution in [0.3, 0.4) is 0 Å². The van der Waals surface area contributed by atoms with E-state index in [9.17, 15) is 14.4 Å². The Morgan fingerprint density at radius 1 is 0.914 bits per heavy atom. The van der Waals surface area contributed by atoms with Crippen LogP contribution < -0.4 is 5.73 Å². The molecular weight excluding hydrogens is 464 g/mol. The number of aryl methyl sites for hydroxylation is 1. The number of anilines is 1. The molecule has 3 amide bonds. The molecule has 0 fully saturated rings. The predicted octanol–water partition coefficient (Wildman–Crippen LogP) is 4.69. The van der Waals surface area contributed by atoms with E-state index in [4.69, 9.17) is 10.8 Å². The number of amides is 3. The number of rotatable bonds is 4. The molecule has 1 aliphatic rings. The molecule has 1 aromatic heterocycles. The molecule has 0 atom stereocenters. The first-order chi connectivity index (χ1) is 16.4. The van der Waals surface area contributed by atoms with Crippen LogP contribution in [0.15, 0.2) is 85.1 Å². The van der Waals surface area contributed by atoms with Crippen molar-refractivity contribution >= 4 is 41.9 Å². The molecule has 0 unspecified atom stereocenters. The third kappa shape index (κ3) is 4.25. The molecule has 4 aromatic rings. The zero-order valence-electron chi connectivity index (χ0n) is 18.7. The number of nitrogens with zero attached hydrogens (tertiary/aromatic N) is 3. The van der Waals surface area contributed by atoms with E-state index in [1.807, 2.05) is 61.5 Å². The molecule has 2 N–H and O–H groups in total. The summed E-state index contributed by atoms with van der Waals surface area (Å²) < 4.78 is 1.72. The second-order valence-corrected chi connectivity index (χ2v) is 7.97. The van der Waals surface area contributed by atoms with Gasteiger partial charge in [0.05, 0.1) is 22.5 Å². The highest BCUT2D eigenvalue weighted by atomic mass is 35.5. The third-order valence-corrected chi connectivity index (χ3v) is 5.66. The molecule has 35 heavy (non-hydrogen) atoms. The predicted molar refractivity (Wildman–Crippen MR) is 136 cm³/mol. The Bertz CT molecular complexity index is 1470. The van der Waals surface area contributed by atoms with Crippen LogP contribution in [0.4, 0.5) is 5.69 Å². The largest absolute Gasteiger partial charge is 0.398 e. The van der Waals surface area contributed by atoms with Crippen molar-refractivity contribution in [3.8, 4) is 16.9 Å². The molecule has 0 bridgehead atoms. The highest BCUT2D eigenvalue weighted by molar-refractivity contribution is 6.32. The van der Waals surface area contributed by atoms with Gasteiger partial charge in [0.2, 0.25) is 0 Å². The lowest BCUT2D eigenvalue weighted by molar-refractivity contribution is -0.121. The smallest absolute Gasteiger partial charge is 0.270 e. The van der Waals surface area contributed by atoms with E-state index < -0.39 is 17.7 Å². The van der Waals surface area contributed by atoms with Crippen LogP contribution in [-0.2, 0) is 4.79 Å². The van der Waals surface area contributed by atoms with Crippen LogP contribution in [0.2, 0.25) is 0 Å². The van der Waals surface area contributed by atoms with Gasteiger partial charge >= 0.3 is 0 Å². The first-order valence-corrected chi connectivity index (χ1v) is 10.7. The van der Waals surface area contributed by atoms with Gasteiger partial charge in [0.1, 0.15) is 0 Å². The Morgan fingerprint density at radius 3 is 2.31 bits per heavy atom. The molecule has 0 aliphatic carbocycles. The maximum atomic E-state index is 12.9. The molecule has 174 valence electrons. The van der Waals surface area contributed by atoms with Crippen molar-refractivity contribution in [2.24, 2.45) is 0 Å². The van der Waals surface area contributed by atoms with Gasteiger partial charge in [0.15, 0.2) is 0 Å². The summed E-state index contributed by atoms with van der Waals surface area (Å²) in [5.74, 6) is -2.14. The van der Waals surface area contributed by atoms with Crippen molar-refractivity contribution < 1.29 is 14.4 Å². The number of fused-ring (bicyclic) bond motifs is 1. The van der Waals surface area contributed by atoms with Gasteiger partial charge in [-0.25, -0.2) is 9.58 Å². The molecule has 5 rings (SSSR count). The molecule has 0 saturated carbocycles. The molecule has 8 heteroatoms. The molecule has 7 nitrogen and oxygen atoms in total. The van der Waals surface area contributed by atoms with Crippen LogP contribution in [0.1, 0.15) is 31.8 Å². The minimum atomic E-state index is -0.743. The lowest BCUT2D eigenvalue weighted by atomic mass is 10.1. The van der Waals surface area contributed by atoms with Crippen molar-refractivity contribution in [2.75, 3.05) is 5.73 Å². The van der Waals surface area contributed by atoms with E-state index in [1.54, 1.807) is 23.0 Å². The summed E-state index contributed by atoms with van der Waals surface area (Å²) in [5.41, 5.74) is 10.4. The molecule has 2 heterocycles. The topological polar surface area (TPSA) is 98.3 Å². The Kier molecular flexibility index (Phi) is 6.36. The third-order valence-electron chi connectivity index (χ3n) is 5.66. The van der Waals surface area contributed by atoms with E-state index in [1.165, 1.54) is 18.2 Å². The Morgan fingerprint density at radius 2 is 1.63 bits per heavy atom. The van der Waals surface area contributed by atoms with Crippen LogP contribution in [0, 0.1) is 6.92 Å². The van der Waals surface area contributed by atoms with Crippen LogP contribution in [-0.4, -0.2) is 32.4 Å². The number of carbonyl (C=O) groups excluding carboxylic acids is 3. The minimum absolute atomic E-state index is 0. The molecular formula is C27H21ClN4O3. The maximum Gasteiger partial charge on any atom is 0.270 e. The lowest BCUT2D eigenvalue weighted by Gasteiger charge is -2.08. The van der Waals surface area contributed by atoms with Gasteiger partial charge in [-0.15, -0.1) is 12.4 Å². The SMILES string of the molecule is Cc1ccc(-c2nn(-c3ccccc3)cc2/C=C/C(=O)N2C(=O)c3cccc(N)c3C2=O)cc1.Cl. The molecule has 0 saturated heterocycles. The number of carbonyl (C=O) groups is 3. The van der Waals surface area contributed by atoms with Gasteiger partial charge in [0.25, 0.3) is 17.7 Å². The minimum Gasteiger partial charge on any atom is -0.398 e. The standard InChI is InChI=1S/C27H20N4O3.ClH/c1-17-10-12-18(13-11-17)25-19(16-30(29-25)20-6-3-2-4-7-20)14-15-23(32)31-26(33)21-8-5-9-22(28)24(21)27(31)34;/h2-16H,28H2,1H3;1H/b15-14+;. The normalized spacial score (nSPS) is 12.7. The monoisotopic (exact) mass is 484 g/mol. The van der Waals surface area contributed by atoms with Gasteiger partial charge < -0.3 is 5.73 Å². The van der Waals surface area contributed by atoms with E-state index in [0.717, 1.165) is 16.8 Å². The van der Waals surface area contributed by atoms with Gasteiger partial charge in [-0.2, -0.15) is 5.10 Å². The molecule has 1 aliphatic heterocycles. The molecule has 3 aromatic carbocycles. The van der Waals surface area contributed by atoms with Crippen molar-refractivity contribution in [3.63, 3.8) is 0 Å². The van der Waals surface area contributed by atoms with E-state index in [0.29, 0.717) is 16.2 Å². The quantitative estimate of drug-likeness (QED) is 0.257. The maximum absolute atomic E-state index is 12.9. The van der Waals surface area contributed by atoms with Gasteiger partial charge in [-0.1, -0.05) is 54.1 Å². The number of imide groups is 3. The lowest BCUT2D eigenvalue weighted by Crippen LogP contribution is -2.34. The molecule has 0 radical (unpaired) electrons. The fraction of sp³-hybridized carbons (Fsp3) is 0.0370. The zero-order chi connectivity index (χ0) is 23.8. The number of benzene rings is 3. The summed E-state index contributed by atoms with van der Waals surface area (Å²) >= 11 is 0. The van der Waals surface area contributed by atoms with Crippen LogP contribution >= 0.6 is 12.4 Å². The van der Waals surface area contributed by atoms with Gasteiger partial charge in [-0.05, 0) is 37.3 Å². The fourth-order valence-corrected chi connectivity index (χ4v) is 3.91. The summed E-state index contributed by atoms with van der Waals surface area (Å²) in [6, 6.07) is 22.1. The Labute approximate surface area is 207 Å². The number of aromatic nitrogens is 2. The average molecular weight is 485 g/mol. The number of halogens is 1. The van der Waals surface area contributed by atoms with Crippen molar-refractivity contribution in [1.29, 1.82) is 0 Å². The van der Waals surface area contributed by atoms with Crippen molar-refractivity contribution in [1.82, 2.24) is 14.7 Å². The summed E-state index contributed by atoms with van der Waals surface area (Å²) in [7, 11) is 0. The number of hydrogen-bond acceptors (Lipinski definition) is 5. The number of hydrogen-bond donors (Lipinski definition) is 1. The molecule has 0 spiro atoms. The Hall–Kier alpha value is -4.49. The summed E-state index contributed by atoms with van der Waals surface area (Å²) in [6.45, 7) is 2.00. The second-order valence-electron chi connectivity index (χ2n) is 7.97. The van der Waals surface area contributed by atoms with E-state index in [2.05, 4.69) is 0 Å².